The number of hydrogen-bond donors (Lipinski definition) is 1. The molecule has 2 amide bonds. The van der Waals surface area contributed by atoms with Gasteiger partial charge in [-0.1, -0.05) is 90.5 Å². The Morgan fingerprint density at radius 2 is 1.49 bits per heavy atom. The van der Waals surface area contributed by atoms with Gasteiger partial charge in [-0.05, 0) is 41.0 Å². The second-order valence-corrected chi connectivity index (χ2v) is 11.6. The van der Waals surface area contributed by atoms with Crippen LogP contribution in [0, 0.1) is 6.92 Å². The van der Waals surface area contributed by atoms with Crippen LogP contribution in [0.25, 0.3) is 10.8 Å². The molecule has 0 saturated heterocycles. The van der Waals surface area contributed by atoms with Gasteiger partial charge >= 0.3 is 0 Å². The molecule has 0 unspecified atom stereocenters. The number of aryl methyl sites for hydroxylation is 1. The van der Waals surface area contributed by atoms with Crippen LogP contribution in [0.2, 0.25) is 0 Å². The highest BCUT2D eigenvalue weighted by molar-refractivity contribution is 7.89. The molecule has 0 saturated carbocycles. The van der Waals surface area contributed by atoms with Crippen molar-refractivity contribution in [3.63, 3.8) is 0 Å². The molecule has 0 aliphatic carbocycles. The average Bonchev–Trinajstić information content (AvgIpc) is 2.94. The molecule has 0 aliphatic heterocycles. The highest BCUT2D eigenvalue weighted by atomic mass is 32.2. The van der Waals surface area contributed by atoms with Crippen LogP contribution in [0.3, 0.4) is 0 Å². The van der Waals surface area contributed by atoms with Gasteiger partial charge in [-0.2, -0.15) is 4.31 Å². The molecule has 0 spiro atoms. The van der Waals surface area contributed by atoms with E-state index in [4.69, 9.17) is 0 Å². The minimum absolute atomic E-state index is 0.105. The van der Waals surface area contributed by atoms with Gasteiger partial charge in [-0.25, -0.2) is 8.42 Å². The van der Waals surface area contributed by atoms with Gasteiger partial charge in [0.25, 0.3) is 0 Å². The van der Waals surface area contributed by atoms with E-state index >= 15 is 0 Å². The molecule has 39 heavy (non-hydrogen) atoms. The zero-order valence-corrected chi connectivity index (χ0v) is 23.2. The first-order valence-electron chi connectivity index (χ1n) is 12.7. The summed E-state index contributed by atoms with van der Waals surface area (Å²) in [4.78, 5) is 28.5. The maximum Gasteiger partial charge on any atom is 0.243 e. The Morgan fingerprint density at radius 1 is 0.821 bits per heavy atom. The number of likely N-dealkylation sites (N-methyl/N-ethyl adjacent to an activating group) is 2. The zero-order valence-electron chi connectivity index (χ0n) is 22.4. The molecular weight excluding hydrogens is 510 g/mol. The lowest BCUT2D eigenvalue weighted by atomic mass is 10.0. The second-order valence-electron chi connectivity index (χ2n) is 9.60. The number of amides is 2. The maximum absolute atomic E-state index is 13.8. The summed E-state index contributed by atoms with van der Waals surface area (Å²) in [6, 6.07) is 28.7. The van der Waals surface area contributed by atoms with Gasteiger partial charge in [0.05, 0.1) is 11.4 Å². The molecule has 1 N–H and O–H groups in total. The van der Waals surface area contributed by atoms with Gasteiger partial charge in [-0.3, -0.25) is 9.59 Å². The fourth-order valence-electron chi connectivity index (χ4n) is 4.60. The highest BCUT2D eigenvalue weighted by Crippen LogP contribution is 2.22. The summed E-state index contributed by atoms with van der Waals surface area (Å²) in [6.07, 6.45) is 0.291. The molecule has 8 heteroatoms. The zero-order chi connectivity index (χ0) is 28.0. The van der Waals surface area contributed by atoms with E-state index in [-0.39, 0.29) is 17.3 Å². The average molecular weight is 544 g/mol. The van der Waals surface area contributed by atoms with Crippen LogP contribution in [0.5, 0.6) is 0 Å². The molecular formula is C31H33N3O4S. The smallest absolute Gasteiger partial charge is 0.243 e. The second kappa shape index (κ2) is 12.2. The van der Waals surface area contributed by atoms with Crippen molar-refractivity contribution in [3.05, 3.63) is 114 Å². The standard InChI is InChI=1S/C31H33N3O4S/c1-23-10-9-13-25(18-23)21-34(29(31(36)32-2)19-24-11-5-4-6-12-24)30(35)22-33(3)39(37,38)28-17-16-26-14-7-8-15-27(26)20-28/h4-18,20,29H,19,21-22H2,1-3H3,(H,32,36)/t29-/m0/s1. The summed E-state index contributed by atoms with van der Waals surface area (Å²) in [5.41, 5.74) is 2.77. The van der Waals surface area contributed by atoms with Crippen molar-refractivity contribution in [1.82, 2.24) is 14.5 Å². The fraction of sp³-hybridized carbons (Fsp3) is 0.226. The molecule has 7 nitrogen and oxygen atoms in total. The summed E-state index contributed by atoms with van der Waals surface area (Å²) in [5.74, 6) is -0.784. The Morgan fingerprint density at radius 3 is 2.18 bits per heavy atom. The quantitative estimate of drug-likeness (QED) is 0.326. The van der Waals surface area contributed by atoms with Crippen LogP contribution < -0.4 is 5.32 Å². The molecule has 4 aromatic rings. The Balaban J connectivity index is 1.65. The number of benzene rings is 4. The number of carbonyl (C=O) groups is 2. The van der Waals surface area contributed by atoms with E-state index in [1.54, 1.807) is 18.2 Å². The van der Waals surface area contributed by atoms with Gasteiger partial charge in [-0.15, -0.1) is 0 Å². The molecule has 202 valence electrons. The molecule has 0 heterocycles. The molecule has 0 aliphatic rings. The molecule has 0 fully saturated rings. The largest absolute Gasteiger partial charge is 0.357 e. The molecule has 0 radical (unpaired) electrons. The normalized spacial score (nSPS) is 12.3. The van der Waals surface area contributed by atoms with Crippen LogP contribution in [0.4, 0.5) is 0 Å². The van der Waals surface area contributed by atoms with E-state index in [1.807, 2.05) is 85.8 Å². The monoisotopic (exact) mass is 543 g/mol. The van der Waals surface area contributed by atoms with Crippen molar-refractivity contribution in [1.29, 1.82) is 0 Å². The van der Waals surface area contributed by atoms with E-state index in [0.717, 1.165) is 31.8 Å². The van der Waals surface area contributed by atoms with Crippen LogP contribution in [-0.4, -0.2) is 56.1 Å². The number of sulfonamides is 1. The number of nitrogens with one attached hydrogen (secondary N) is 1. The van der Waals surface area contributed by atoms with Gasteiger partial charge in [0.1, 0.15) is 6.04 Å². The first kappa shape index (κ1) is 28.0. The Hall–Kier alpha value is -4.01. The molecule has 4 aromatic carbocycles. The van der Waals surface area contributed by atoms with Crippen LogP contribution in [0.1, 0.15) is 16.7 Å². The van der Waals surface area contributed by atoms with E-state index in [1.165, 1.54) is 19.0 Å². The van der Waals surface area contributed by atoms with E-state index in [9.17, 15) is 18.0 Å². The summed E-state index contributed by atoms with van der Waals surface area (Å²) in [5, 5.41) is 4.40. The Kier molecular flexibility index (Phi) is 8.79. The summed E-state index contributed by atoms with van der Waals surface area (Å²) in [7, 11) is -1.04. The minimum atomic E-state index is -3.96. The SMILES string of the molecule is CNC(=O)[C@H](Cc1ccccc1)N(Cc1cccc(C)c1)C(=O)CN(C)S(=O)(=O)c1ccc2ccccc2c1. The summed E-state index contributed by atoms with van der Waals surface area (Å²) >= 11 is 0. The third-order valence-corrected chi connectivity index (χ3v) is 8.54. The van der Waals surface area contributed by atoms with Crippen LogP contribution in [0.15, 0.2) is 102 Å². The molecule has 4 rings (SSSR count). The lowest BCUT2D eigenvalue weighted by Gasteiger charge is -2.32. The van der Waals surface area contributed by atoms with Crippen molar-refractivity contribution in [3.8, 4) is 0 Å². The van der Waals surface area contributed by atoms with Gasteiger partial charge in [0.15, 0.2) is 0 Å². The lowest BCUT2D eigenvalue weighted by molar-refractivity contribution is -0.141. The molecule has 0 bridgehead atoms. The number of nitrogens with zero attached hydrogens (tertiary/aromatic N) is 2. The topological polar surface area (TPSA) is 86.8 Å². The predicted molar refractivity (Wildman–Crippen MR) is 153 cm³/mol. The van der Waals surface area contributed by atoms with Crippen molar-refractivity contribution < 1.29 is 18.0 Å². The summed E-state index contributed by atoms with van der Waals surface area (Å²) in [6.45, 7) is 1.71. The number of hydrogen-bond acceptors (Lipinski definition) is 4. The summed E-state index contributed by atoms with van der Waals surface area (Å²) < 4.78 is 28.0. The van der Waals surface area contributed by atoms with Crippen LogP contribution >= 0.6 is 0 Å². The third-order valence-electron chi connectivity index (χ3n) is 6.74. The number of fused-ring (bicyclic) bond motifs is 1. The number of rotatable bonds is 10. The van der Waals surface area contributed by atoms with Gasteiger partial charge in [0, 0.05) is 27.1 Å². The van der Waals surface area contributed by atoms with Gasteiger partial charge in [0.2, 0.25) is 21.8 Å². The first-order chi connectivity index (χ1) is 18.7. The van der Waals surface area contributed by atoms with E-state index < -0.39 is 28.5 Å². The van der Waals surface area contributed by atoms with Crippen molar-refractivity contribution in [2.24, 2.45) is 0 Å². The van der Waals surface area contributed by atoms with Crippen molar-refractivity contribution >= 4 is 32.6 Å². The highest BCUT2D eigenvalue weighted by Gasteiger charge is 2.32. The minimum Gasteiger partial charge on any atom is -0.357 e. The lowest BCUT2D eigenvalue weighted by Crippen LogP contribution is -2.52. The predicted octanol–water partition coefficient (Wildman–Crippen LogP) is 4.15. The molecule has 1 atom stereocenters. The third kappa shape index (κ3) is 6.71. The van der Waals surface area contributed by atoms with Crippen LogP contribution in [-0.2, 0) is 32.6 Å². The van der Waals surface area contributed by atoms with Gasteiger partial charge < -0.3 is 10.2 Å². The van der Waals surface area contributed by atoms with E-state index in [0.29, 0.717) is 6.42 Å². The van der Waals surface area contributed by atoms with E-state index in [2.05, 4.69) is 5.32 Å². The first-order valence-corrected chi connectivity index (χ1v) is 14.2. The Bertz CT molecular complexity index is 1570. The number of carbonyl (C=O) groups excluding carboxylic acids is 2. The molecule has 0 aromatic heterocycles. The van der Waals surface area contributed by atoms with Crippen molar-refractivity contribution in [2.75, 3.05) is 20.6 Å². The maximum atomic E-state index is 13.8. The fourth-order valence-corrected chi connectivity index (χ4v) is 5.76. The van der Waals surface area contributed by atoms with Crippen molar-refractivity contribution in [2.45, 2.75) is 30.8 Å². The Labute approximate surface area is 230 Å².